The van der Waals surface area contributed by atoms with E-state index in [0.29, 0.717) is 26.4 Å². The Bertz CT molecular complexity index is 1010. The van der Waals surface area contributed by atoms with Crippen molar-refractivity contribution in [2.24, 2.45) is 10.2 Å². The van der Waals surface area contributed by atoms with Crippen LogP contribution in [0, 0.1) is 0 Å². The smallest absolute Gasteiger partial charge is 0.330 e. The first kappa shape index (κ1) is 36.3. The van der Waals surface area contributed by atoms with E-state index in [9.17, 15) is 9.59 Å². The van der Waals surface area contributed by atoms with Crippen LogP contribution in [0.25, 0.3) is 0 Å². The summed E-state index contributed by atoms with van der Waals surface area (Å²) in [5.74, 6) is 0.983. The van der Waals surface area contributed by atoms with Gasteiger partial charge in [0.05, 0.1) is 37.8 Å². The Kier molecular flexibility index (Phi) is 20.2. The average molecular weight is 607 g/mol. The molecule has 8 nitrogen and oxygen atoms in total. The molecule has 2 rings (SSSR count). The van der Waals surface area contributed by atoms with Gasteiger partial charge < -0.3 is 18.9 Å². The molecular formula is C36H50N2O6. The lowest BCUT2D eigenvalue weighted by atomic mass is 10.1. The first-order valence-corrected chi connectivity index (χ1v) is 16.1. The molecule has 0 aliphatic carbocycles. The zero-order chi connectivity index (χ0) is 31.5. The zero-order valence-electron chi connectivity index (χ0n) is 26.3. The first-order valence-electron chi connectivity index (χ1n) is 16.1. The Hall–Kier alpha value is -3.94. The fourth-order valence-corrected chi connectivity index (χ4v) is 4.35. The standard InChI is InChI=1S/C36H50N2O6/c1-3-35(39)43-29-17-13-9-5-7-11-15-27-41-33-23-19-31(20-24-33)37-38-32-21-25-34(26-22-32)42-28-16-12-8-6-10-14-18-30-44-36(40)4-2/h3-4,19-26H,1-2,5-18,27-30H2. The average Bonchev–Trinajstić information content (AvgIpc) is 3.05. The molecule has 8 heteroatoms. The summed E-state index contributed by atoms with van der Waals surface area (Å²) in [7, 11) is 0. The van der Waals surface area contributed by atoms with Crippen LogP contribution < -0.4 is 9.47 Å². The molecule has 0 spiro atoms. The molecule has 0 N–H and O–H groups in total. The van der Waals surface area contributed by atoms with Gasteiger partial charge in [-0.15, -0.1) is 0 Å². The molecule has 44 heavy (non-hydrogen) atoms. The molecule has 2 aromatic carbocycles. The number of nitrogens with zero attached hydrogens (tertiary/aromatic N) is 2. The van der Waals surface area contributed by atoms with Crippen molar-refractivity contribution in [1.82, 2.24) is 0 Å². The van der Waals surface area contributed by atoms with E-state index in [1.807, 2.05) is 48.5 Å². The van der Waals surface area contributed by atoms with Crippen molar-refractivity contribution in [3.8, 4) is 11.5 Å². The van der Waals surface area contributed by atoms with Crippen LogP contribution in [-0.2, 0) is 19.1 Å². The molecule has 0 saturated heterocycles. The minimum Gasteiger partial charge on any atom is -0.494 e. The molecule has 2 aromatic rings. The first-order chi connectivity index (χ1) is 21.6. The van der Waals surface area contributed by atoms with Crippen LogP contribution in [0.15, 0.2) is 84.1 Å². The van der Waals surface area contributed by atoms with Gasteiger partial charge in [0.1, 0.15) is 11.5 Å². The number of azo groups is 1. The summed E-state index contributed by atoms with van der Waals surface area (Å²) < 4.78 is 21.7. The van der Waals surface area contributed by atoms with Crippen LogP contribution >= 0.6 is 0 Å². The number of hydrogen-bond donors (Lipinski definition) is 0. The number of unbranched alkanes of at least 4 members (excludes halogenated alkanes) is 12. The summed E-state index contributed by atoms with van der Waals surface area (Å²) in [5.41, 5.74) is 1.54. The maximum Gasteiger partial charge on any atom is 0.330 e. The van der Waals surface area contributed by atoms with E-state index >= 15 is 0 Å². The molecule has 0 fully saturated rings. The molecule has 0 saturated carbocycles. The Balaban J connectivity index is 1.48. The summed E-state index contributed by atoms with van der Waals surface area (Å²) in [4.78, 5) is 21.9. The number of hydrogen-bond acceptors (Lipinski definition) is 8. The van der Waals surface area contributed by atoms with Crippen LogP contribution in [-0.4, -0.2) is 38.4 Å². The predicted octanol–water partition coefficient (Wildman–Crippen LogP) is 9.78. The quantitative estimate of drug-likeness (QED) is 0.0458. The number of carbonyl (C=O) groups is 2. The van der Waals surface area contributed by atoms with Crippen molar-refractivity contribution in [2.45, 2.75) is 89.9 Å². The molecule has 0 aliphatic rings. The third-order valence-electron chi connectivity index (χ3n) is 6.89. The monoisotopic (exact) mass is 606 g/mol. The molecule has 0 atom stereocenters. The van der Waals surface area contributed by atoms with Crippen LogP contribution in [0.1, 0.15) is 89.9 Å². The molecule has 0 amide bonds. The molecule has 240 valence electrons. The van der Waals surface area contributed by atoms with Crippen molar-refractivity contribution in [1.29, 1.82) is 0 Å². The molecule has 0 aliphatic heterocycles. The second-order valence-corrected chi connectivity index (χ2v) is 10.6. The molecule has 0 heterocycles. The number of ether oxygens (including phenoxy) is 4. The summed E-state index contributed by atoms with van der Waals surface area (Å²) in [6.07, 6.45) is 17.8. The third-order valence-corrected chi connectivity index (χ3v) is 6.89. The lowest BCUT2D eigenvalue weighted by molar-refractivity contribution is -0.138. The Morgan fingerprint density at radius 2 is 0.773 bits per heavy atom. The van der Waals surface area contributed by atoms with Crippen LogP contribution in [0.2, 0.25) is 0 Å². The van der Waals surface area contributed by atoms with E-state index < -0.39 is 0 Å². The van der Waals surface area contributed by atoms with Gasteiger partial charge in [-0.3, -0.25) is 0 Å². The lowest BCUT2D eigenvalue weighted by Crippen LogP contribution is -2.01. The van der Waals surface area contributed by atoms with E-state index in [1.54, 1.807) is 0 Å². The van der Waals surface area contributed by atoms with E-state index in [2.05, 4.69) is 23.4 Å². The second kappa shape index (κ2) is 24.5. The normalized spacial score (nSPS) is 10.8. The fourth-order valence-electron chi connectivity index (χ4n) is 4.35. The second-order valence-electron chi connectivity index (χ2n) is 10.6. The van der Waals surface area contributed by atoms with Crippen LogP contribution in [0.5, 0.6) is 11.5 Å². The van der Waals surface area contributed by atoms with Gasteiger partial charge in [0, 0.05) is 12.2 Å². The summed E-state index contributed by atoms with van der Waals surface area (Å²) >= 11 is 0. The Morgan fingerprint density at radius 1 is 0.477 bits per heavy atom. The maximum atomic E-state index is 11.0. The van der Waals surface area contributed by atoms with Crippen LogP contribution in [0.4, 0.5) is 11.4 Å². The van der Waals surface area contributed by atoms with Gasteiger partial charge >= 0.3 is 11.9 Å². The summed E-state index contributed by atoms with van der Waals surface area (Å²) in [5, 5.41) is 8.66. The number of esters is 2. The van der Waals surface area contributed by atoms with Gasteiger partial charge in [0.15, 0.2) is 0 Å². The molecular weight excluding hydrogens is 556 g/mol. The van der Waals surface area contributed by atoms with Crippen molar-refractivity contribution in [3.05, 3.63) is 73.8 Å². The minimum atomic E-state index is -0.345. The maximum absolute atomic E-state index is 11.0. The number of rotatable bonds is 26. The fraction of sp³-hybridized carbons (Fsp3) is 0.500. The highest BCUT2D eigenvalue weighted by molar-refractivity contribution is 5.81. The van der Waals surface area contributed by atoms with Crippen LogP contribution in [0.3, 0.4) is 0 Å². The third kappa shape index (κ3) is 18.6. The van der Waals surface area contributed by atoms with Gasteiger partial charge in [-0.05, 0) is 74.2 Å². The Labute approximate surface area is 263 Å². The zero-order valence-corrected chi connectivity index (χ0v) is 26.3. The highest BCUT2D eigenvalue weighted by Crippen LogP contribution is 2.23. The molecule has 0 aromatic heterocycles. The Morgan fingerprint density at radius 3 is 1.09 bits per heavy atom. The number of carbonyl (C=O) groups excluding carboxylic acids is 2. The van der Waals surface area contributed by atoms with E-state index in [0.717, 1.165) is 87.1 Å². The van der Waals surface area contributed by atoms with Gasteiger partial charge in [0.25, 0.3) is 0 Å². The minimum absolute atomic E-state index is 0.345. The SMILES string of the molecule is C=CC(=O)OCCCCCCCCCOc1ccc(N=Nc2ccc(OCCCCCCCCCOC(=O)C=C)cc2)cc1. The highest BCUT2D eigenvalue weighted by Gasteiger charge is 2.00. The molecule has 0 unspecified atom stereocenters. The number of benzene rings is 2. The van der Waals surface area contributed by atoms with Gasteiger partial charge in [-0.25, -0.2) is 9.59 Å². The summed E-state index contributed by atoms with van der Waals surface area (Å²) in [6.45, 7) is 9.13. The molecule has 0 bridgehead atoms. The predicted molar refractivity (Wildman–Crippen MR) is 175 cm³/mol. The van der Waals surface area contributed by atoms with Gasteiger partial charge in [-0.2, -0.15) is 10.2 Å². The molecule has 0 radical (unpaired) electrons. The lowest BCUT2D eigenvalue weighted by Gasteiger charge is -2.07. The topological polar surface area (TPSA) is 95.8 Å². The van der Waals surface area contributed by atoms with Crippen molar-refractivity contribution >= 4 is 23.3 Å². The van der Waals surface area contributed by atoms with Gasteiger partial charge in [0.2, 0.25) is 0 Å². The summed E-state index contributed by atoms with van der Waals surface area (Å²) in [6, 6.07) is 15.3. The largest absolute Gasteiger partial charge is 0.494 e. The van der Waals surface area contributed by atoms with E-state index in [1.165, 1.54) is 37.8 Å². The highest BCUT2D eigenvalue weighted by atomic mass is 16.5. The van der Waals surface area contributed by atoms with E-state index in [-0.39, 0.29) is 11.9 Å². The van der Waals surface area contributed by atoms with Gasteiger partial charge in [-0.1, -0.05) is 77.4 Å². The van der Waals surface area contributed by atoms with E-state index in [4.69, 9.17) is 18.9 Å². The van der Waals surface area contributed by atoms with Crippen molar-refractivity contribution < 1.29 is 28.5 Å². The van der Waals surface area contributed by atoms with Crippen molar-refractivity contribution in [3.63, 3.8) is 0 Å². The van der Waals surface area contributed by atoms with Crippen molar-refractivity contribution in [2.75, 3.05) is 26.4 Å².